The highest BCUT2D eigenvalue weighted by Crippen LogP contribution is 2.27. The predicted octanol–water partition coefficient (Wildman–Crippen LogP) is 4.81. The molecule has 1 N–H and O–H groups in total. The number of nitrogens with one attached hydrogen (secondary N) is 1. The first-order valence-corrected chi connectivity index (χ1v) is 12.1. The Balaban J connectivity index is 1.78. The average Bonchev–Trinajstić information content (AvgIpc) is 3.14. The molecule has 1 amide bonds. The van der Waals surface area contributed by atoms with Gasteiger partial charge >= 0.3 is 5.69 Å². The highest BCUT2D eigenvalue weighted by Gasteiger charge is 2.23. The Morgan fingerprint density at radius 2 is 1.75 bits per heavy atom. The summed E-state index contributed by atoms with van der Waals surface area (Å²) in [5.41, 5.74) is 3.49. The van der Waals surface area contributed by atoms with Crippen LogP contribution in [-0.2, 0) is 24.8 Å². The lowest BCUT2D eigenvalue weighted by Gasteiger charge is -2.14. The van der Waals surface area contributed by atoms with Crippen LogP contribution in [0.25, 0.3) is 27.6 Å². The summed E-state index contributed by atoms with van der Waals surface area (Å²) in [5.74, 6) is -0.361. The summed E-state index contributed by atoms with van der Waals surface area (Å²) in [5, 5.41) is 4.07. The van der Waals surface area contributed by atoms with Gasteiger partial charge in [0.2, 0.25) is 5.91 Å². The van der Waals surface area contributed by atoms with Crippen molar-refractivity contribution in [3.8, 4) is 5.69 Å². The number of aromatic nitrogens is 3. The van der Waals surface area contributed by atoms with Crippen LogP contribution in [0.15, 0.2) is 76.3 Å². The molecule has 0 saturated carbocycles. The molecule has 2 heterocycles. The van der Waals surface area contributed by atoms with Crippen LogP contribution < -0.4 is 16.6 Å². The van der Waals surface area contributed by atoms with Crippen molar-refractivity contribution < 1.29 is 4.79 Å². The van der Waals surface area contributed by atoms with Crippen LogP contribution in [0.5, 0.6) is 0 Å². The summed E-state index contributed by atoms with van der Waals surface area (Å²) in [7, 11) is 1.79. The third-order valence-electron chi connectivity index (χ3n) is 6.47. The van der Waals surface area contributed by atoms with E-state index < -0.39 is 11.2 Å². The molecular weight excluding hydrogens is 476 g/mol. The maximum atomic E-state index is 13.9. The van der Waals surface area contributed by atoms with E-state index in [1.807, 2.05) is 56.3 Å². The predicted molar refractivity (Wildman–Crippen MR) is 144 cm³/mol. The van der Waals surface area contributed by atoms with Crippen molar-refractivity contribution >= 4 is 45.1 Å². The number of fused-ring (bicyclic) bond motifs is 3. The van der Waals surface area contributed by atoms with Crippen molar-refractivity contribution in [3.05, 3.63) is 104 Å². The normalized spacial score (nSPS) is 11.3. The molecule has 0 atom stereocenters. The van der Waals surface area contributed by atoms with Crippen molar-refractivity contribution in [2.45, 2.75) is 26.8 Å². The molecular formula is C28H25ClN4O3. The molecule has 5 rings (SSSR count). The smallest absolute Gasteiger partial charge is 0.336 e. The Morgan fingerprint density at radius 1 is 0.972 bits per heavy atom. The van der Waals surface area contributed by atoms with Crippen molar-refractivity contribution in [2.75, 3.05) is 5.32 Å². The lowest BCUT2D eigenvalue weighted by molar-refractivity contribution is -0.116. The van der Waals surface area contributed by atoms with E-state index in [2.05, 4.69) is 5.32 Å². The lowest BCUT2D eigenvalue weighted by Crippen LogP contribution is -2.41. The zero-order valence-corrected chi connectivity index (χ0v) is 21.0. The van der Waals surface area contributed by atoms with Gasteiger partial charge in [0.1, 0.15) is 12.1 Å². The highest BCUT2D eigenvalue weighted by atomic mass is 35.5. The van der Waals surface area contributed by atoms with Crippen molar-refractivity contribution in [3.63, 3.8) is 0 Å². The fraction of sp³-hybridized carbons (Fsp3) is 0.179. The van der Waals surface area contributed by atoms with E-state index in [4.69, 9.17) is 11.6 Å². The highest BCUT2D eigenvalue weighted by molar-refractivity contribution is 6.30. The van der Waals surface area contributed by atoms with E-state index in [1.165, 1.54) is 4.57 Å². The van der Waals surface area contributed by atoms with Gasteiger partial charge in [-0.25, -0.2) is 9.36 Å². The second kappa shape index (κ2) is 9.17. The van der Waals surface area contributed by atoms with Gasteiger partial charge < -0.3 is 9.88 Å². The minimum atomic E-state index is -0.609. The molecule has 3 aromatic carbocycles. The molecule has 0 aliphatic carbocycles. The van der Waals surface area contributed by atoms with Gasteiger partial charge in [0.25, 0.3) is 5.56 Å². The monoisotopic (exact) mass is 500 g/mol. The molecule has 7 nitrogen and oxygen atoms in total. The molecule has 36 heavy (non-hydrogen) atoms. The molecule has 5 aromatic rings. The second-order valence-electron chi connectivity index (χ2n) is 8.82. The Morgan fingerprint density at radius 3 is 2.50 bits per heavy atom. The fourth-order valence-corrected chi connectivity index (χ4v) is 4.92. The number of rotatable bonds is 5. The first-order valence-electron chi connectivity index (χ1n) is 11.7. The molecule has 0 aliphatic rings. The molecule has 2 aromatic heterocycles. The number of benzene rings is 3. The Labute approximate surface area is 212 Å². The molecule has 0 spiro atoms. The molecule has 0 aliphatic heterocycles. The van der Waals surface area contributed by atoms with Gasteiger partial charge in [0.15, 0.2) is 0 Å². The zero-order valence-electron chi connectivity index (χ0n) is 20.2. The summed E-state index contributed by atoms with van der Waals surface area (Å²) >= 11 is 6.18. The first kappa shape index (κ1) is 23.6. The molecule has 0 saturated heterocycles. The first-order chi connectivity index (χ1) is 17.3. The van der Waals surface area contributed by atoms with E-state index in [0.717, 1.165) is 33.0 Å². The van der Waals surface area contributed by atoms with Crippen LogP contribution in [-0.4, -0.2) is 19.6 Å². The summed E-state index contributed by atoms with van der Waals surface area (Å²) in [4.78, 5) is 40.8. The maximum Gasteiger partial charge on any atom is 0.336 e. The number of para-hydroxylation sites is 1. The molecule has 8 heteroatoms. The van der Waals surface area contributed by atoms with E-state index in [-0.39, 0.29) is 12.5 Å². The van der Waals surface area contributed by atoms with Crippen molar-refractivity contribution in [2.24, 2.45) is 7.05 Å². The van der Waals surface area contributed by atoms with Gasteiger partial charge in [0, 0.05) is 23.1 Å². The topological polar surface area (TPSA) is 78.0 Å². The van der Waals surface area contributed by atoms with Gasteiger partial charge in [0.05, 0.1) is 16.7 Å². The molecule has 0 unspecified atom stereocenters. The minimum Gasteiger partial charge on any atom is -0.338 e. The van der Waals surface area contributed by atoms with E-state index in [9.17, 15) is 14.4 Å². The van der Waals surface area contributed by atoms with Gasteiger partial charge in [-0.3, -0.25) is 14.2 Å². The van der Waals surface area contributed by atoms with Crippen LogP contribution >= 0.6 is 11.6 Å². The number of hydrogen-bond donors (Lipinski definition) is 1. The summed E-state index contributed by atoms with van der Waals surface area (Å²) in [6.07, 6.45) is 0.753. The fourth-order valence-electron chi connectivity index (χ4n) is 4.74. The summed E-state index contributed by atoms with van der Waals surface area (Å²) in [6, 6.07) is 19.9. The quantitative estimate of drug-likeness (QED) is 0.376. The summed E-state index contributed by atoms with van der Waals surface area (Å²) in [6.45, 7) is 3.70. The number of nitrogens with zero attached hydrogens (tertiary/aromatic N) is 3. The van der Waals surface area contributed by atoms with E-state index in [0.29, 0.717) is 27.4 Å². The lowest BCUT2D eigenvalue weighted by atomic mass is 10.1. The van der Waals surface area contributed by atoms with Crippen LogP contribution in [0.2, 0.25) is 5.02 Å². The van der Waals surface area contributed by atoms with Crippen LogP contribution in [0, 0.1) is 6.92 Å². The number of anilines is 1. The number of carbonyl (C=O) groups is 1. The molecule has 0 bridgehead atoms. The third-order valence-corrected chi connectivity index (χ3v) is 6.70. The second-order valence-corrected chi connectivity index (χ2v) is 9.26. The number of amides is 1. The largest absolute Gasteiger partial charge is 0.338 e. The summed E-state index contributed by atoms with van der Waals surface area (Å²) < 4.78 is 4.23. The Hall–Kier alpha value is -4.10. The Kier molecular flexibility index (Phi) is 6.02. The van der Waals surface area contributed by atoms with Crippen LogP contribution in [0.1, 0.15) is 18.1 Å². The standard InChI is InChI=1S/C28H25ClN4O3/c1-4-18-8-5-6-11-22(18)30-24(34)16-32-25-21-14-17(2)12-13-23(21)31(3)26(25)27(35)33(28(32)36)20-10-7-9-19(29)15-20/h5-15H,4,16H2,1-3H3,(H,30,34). The van der Waals surface area contributed by atoms with Crippen molar-refractivity contribution in [1.82, 2.24) is 13.7 Å². The number of aryl methyl sites for hydroxylation is 3. The molecule has 182 valence electrons. The van der Waals surface area contributed by atoms with E-state index >= 15 is 0 Å². The number of carbonyl (C=O) groups excluding carboxylic acids is 1. The van der Waals surface area contributed by atoms with Crippen molar-refractivity contribution in [1.29, 1.82) is 0 Å². The third kappa shape index (κ3) is 3.91. The minimum absolute atomic E-state index is 0.263. The van der Waals surface area contributed by atoms with Gasteiger partial charge in [-0.2, -0.15) is 0 Å². The van der Waals surface area contributed by atoms with Gasteiger partial charge in [-0.1, -0.05) is 54.4 Å². The van der Waals surface area contributed by atoms with Crippen LogP contribution in [0.4, 0.5) is 5.69 Å². The average molecular weight is 501 g/mol. The number of halogens is 1. The van der Waals surface area contributed by atoms with Gasteiger partial charge in [-0.15, -0.1) is 0 Å². The molecule has 0 radical (unpaired) electrons. The zero-order chi connectivity index (χ0) is 25.6. The SMILES string of the molecule is CCc1ccccc1NC(=O)Cn1c(=O)n(-c2cccc(Cl)c2)c(=O)c2c1c1cc(C)ccc1n2C. The molecule has 0 fully saturated rings. The van der Waals surface area contributed by atoms with Gasteiger partial charge in [-0.05, 0) is 55.3 Å². The number of hydrogen-bond acceptors (Lipinski definition) is 3. The van der Waals surface area contributed by atoms with E-state index in [1.54, 1.807) is 35.9 Å². The maximum absolute atomic E-state index is 13.9. The Bertz CT molecular complexity index is 1780. The van der Waals surface area contributed by atoms with Crippen LogP contribution in [0.3, 0.4) is 0 Å².